The van der Waals surface area contributed by atoms with Gasteiger partial charge in [0.15, 0.2) is 6.10 Å². The van der Waals surface area contributed by atoms with E-state index >= 15 is 0 Å². The largest absolute Gasteiger partial charge is 0.502 e. The molecule has 2 N–H and O–H groups in total. The molecule has 0 saturated heterocycles. The molecule has 0 spiro atoms. The molecule has 0 saturated carbocycles. The second kappa shape index (κ2) is 6.76. The summed E-state index contributed by atoms with van der Waals surface area (Å²) in [5, 5.41) is 41.8. The Morgan fingerprint density at radius 1 is 1.12 bits per heavy atom. The molecule has 134 valence electrons. The van der Waals surface area contributed by atoms with Gasteiger partial charge in [-0.25, -0.2) is 4.99 Å². The molecule has 1 heterocycles. The zero-order valence-electron chi connectivity index (χ0n) is 13.2. The van der Waals surface area contributed by atoms with E-state index in [9.17, 15) is 30.4 Å². The van der Waals surface area contributed by atoms with Gasteiger partial charge in [-0.05, 0) is 5.56 Å². The average molecular weight is 359 g/mol. The van der Waals surface area contributed by atoms with Crippen LogP contribution in [0.3, 0.4) is 0 Å². The van der Waals surface area contributed by atoms with Gasteiger partial charge in [-0.3, -0.25) is 20.2 Å². The van der Waals surface area contributed by atoms with Crippen molar-refractivity contribution in [1.29, 1.82) is 0 Å². The first kappa shape index (κ1) is 17.3. The fourth-order valence-corrected chi connectivity index (χ4v) is 2.66. The van der Waals surface area contributed by atoms with Gasteiger partial charge in [0, 0.05) is 6.07 Å². The summed E-state index contributed by atoms with van der Waals surface area (Å²) >= 11 is 0. The molecule has 2 atom stereocenters. The Kier molecular flexibility index (Phi) is 4.50. The summed E-state index contributed by atoms with van der Waals surface area (Å²) in [6, 6.07) is 9.72. The first-order valence-electron chi connectivity index (χ1n) is 7.48. The number of nitro benzene ring substituents is 2. The standard InChI is InChI=1S/C16H13N3O7/c20-8-12-15(9-4-2-1-3-5-9)26-16(17-12)11-6-10(18(22)23)7-13(14(11)21)19(24)25/h1-7,12,15,20-21H,8H2/t12-,15-/m0/s1. The van der Waals surface area contributed by atoms with Gasteiger partial charge in [-0.1, -0.05) is 30.3 Å². The molecular formula is C16H13N3O7. The highest BCUT2D eigenvalue weighted by Crippen LogP contribution is 2.38. The van der Waals surface area contributed by atoms with Crippen LogP contribution in [0.25, 0.3) is 0 Å². The SMILES string of the molecule is O=[N+]([O-])c1cc(C2=N[C@@H](CO)[C@H](c3ccccc3)O2)c(O)c([N+](=O)[O-])c1. The second-order valence-electron chi connectivity index (χ2n) is 5.51. The minimum atomic E-state index is -0.931. The normalized spacial score (nSPS) is 18.9. The number of aromatic hydroxyl groups is 1. The van der Waals surface area contributed by atoms with Crippen molar-refractivity contribution in [2.45, 2.75) is 12.1 Å². The molecular weight excluding hydrogens is 346 g/mol. The summed E-state index contributed by atoms with van der Waals surface area (Å²) in [5.74, 6) is -0.994. The number of aliphatic hydroxyl groups excluding tert-OH is 1. The minimum Gasteiger partial charge on any atom is -0.502 e. The molecule has 0 radical (unpaired) electrons. The van der Waals surface area contributed by atoms with Crippen LogP contribution >= 0.6 is 0 Å². The summed E-state index contributed by atoms with van der Waals surface area (Å²) in [6.07, 6.45) is -0.686. The lowest BCUT2D eigenvalue weighted by molar-refractivity contribution is -0.394. The highest BCUT2D eigenvalue weighted by atomic mass is 16.6. The van der Waals surface area contributed by atoms with Gasteiger partial charge < -0.3 is 14.9 Å². The summed E-state index contributed by atoms with van der Waals surface area (Å²) < 4.78 is 5.67. The van der Waals surface area contributed by atoms with Gasteiger partial charge in [-0.15, -0.1) is 0 Å². The molecule has 2 aromatic rings. The van der Waals surface area contributed by atoms with Crippen LogP contribution < -0.4 is 0 Å². The van der Waals surface area contributed by atoms with E-state index in [1.165, 1.54) is 0 Å². The number of nitrogens with zero attached hydrogens (tertiary/aromatic N) is 3. The number of nitro groups is 2. The van der Waals surface area contributed by atoms with Gasteiger partial charge in [0.05, 0.1) is 28.1 Å². The minimum absolute atomic E-state index is 0.206. The number of benzene rings is 2. The van der Waals surface area contributed by atoms with E-state index < -0.39 is 39.1 Å². The number of phenolic OH excluding ortho intramolecular Hbond substituents is 1. The van der Waals surface area contributed by atoms with E-state index in [0.29, 0.717) is 11.6 Å². The molecule has 1 aliphatic heterocycles. The van der Waals surface area contributed by atoms with E-state index in [0.717, 1.165) is 6.07 Å². The number of non-ortho nitro benzene ring substituents is 1. The number of phenols is 1. The lowest BCUT2D eigenvalue weighted by atomic mass is 10.0. The van der Waals surface area contributed by atoms with Gasteiger partial charge in [0.25, 0.3) is 5.69 Å². The predicted octanol–water partition coefficient (Wildman–Crippen LogP) is 2.09. The molecule has 2 aromatic carbocycles. The Hall–Kier alpha value is -3.53. The third kappa shape index (κ3) is 3.05. The fraction of sp³-hybridized carbons (Fsp3) is 0.188. The first-order valence-corrected chi connectivity index (χ1v) is 7.48. The van der Waals surface area contributed by atoms with Gasteiger partial charge in [0.1, 0.15) is 6.04 Å². The Labute approximate surface area is 146 Å². The lowest BCUT2D eigenvalue weighted by Gasteiger charge is -2.16. The van der Waals surface area contributed by atoms with Crippen molar-refractivity contribution >= 4 is 17.3 Å². The topological polar surface area (TPSA) is 148 Å². The Morgan fingerprint density at radius 3 is 2.38 bits per heavy atom. The van der Waals surface area contributed by atoms with Gasteiger partial charge in [0.2, 0.25) is 11.6 Å². The zero-order valence-corrected chi connectivity index (χ0v) is 13.2. The van der Waals surface area contributed by atoms with Crippen LogP contribution in [-0.4, -0.2) is 38.6 Å². The molecule has 0 unspecified atom stereocenters. The van der Waals surface area contributed by atoms with Crippen molar-refractivity contribution in [3.63, 3.8) is 0 Å². The number of ether oxygens (including phenoxy) is 1. The van der Waals surface area contributed by atoms with E-state index in [-0.39, 0.29) is 18.1 Å². The number of aliphatic hydroxyl groups is 1. The van der Waals surface area contributed by atoms with Gasteiger partial charge in [-0.2, -0.15) is 0 Å². The zero-order chi connectivity index (χ0) is 18.8. The summed E-state index contributed by atoms with van der Waals surface area (Å²) in [4.78, 5) is 24.5. The third-order valence-corrected chi connectivity index (χ3v) is 3.90. The van der Waals surface area contributed by atoms with Crippen molar-refractivity contribution in [1.82, 2.24) is 0 Å². The van der Waals surface area contributed by atoms with Crippen molar-refractivity contribution in [2.75, 3.05) is 6.61 Å². The van der Waals surface area contributed by atoms with E-state index in [1.807, 2.05) is 0 Å². The predicted molar refractivity (Wildman–Crippen MR) is 89.1 cm³/mol. The van der Waals surface area contributed by atoms with Crippen molar-refractivity contribution in [2.24, 2.45) is 4.99 Å². The average Bonchev–Trinajstić information content (AvgIpc) is 3.06. The van der Waals surface area contributed by atoms with E-state index in [4.69, 9.17) is 4.74 Å². The Balaban J connectivity index is 2.06. The quantitative estimate of drug-likeness (QED) is 0.613. The van der Waals surface area contributed by atoms with Crippen molar-refractivity contribution in [3.8, 4) is 5.75 Å². The van der Waals surface area contributed by atoms with Crippen LogP contribution in [0.2, 0.25) is 0 Å². The fourth-order valence-electron chi connectivity index (χ4n) is 2.66. The van der Waals surface area contributed by atoms with Crippen molar-refractivity contribution < 1.29 is 24.8 Å². The molecule has 0 aliphatic carbocycles. The molecule has 0 bridgehead atoms. The molecule has 10 nitrogen and oxygen atoms in total. The van der Waals surface area contributed by atoms with Crippen LogP contribution in [0.5, 0.6) is 5.75 Å². The lowest BCUT2D eigenvalue weighted by Crippen LogP contribution is -2.17. The summed E-state index contributed by atoms with van der Waals surface area (Å²) in [7, 11) is 0. The molecule has 0 amide bonds. The second-order valence-corrected chi connectivity index (χ2v) is 5.51. The monoisotopic (exact) mass is 359 g/mol. The maximum absolute atomic E-state index is 11.1. The number of rotatable bonds is 5. The highest BCUT2D eigenvalue weighted by Gasteiger charge is 2.36. The number of hydrogen-bond donors (Lipinski definition) is 2. The molecule has 0 fully saturated rings. The van der Waals surface area contributed by atoms with Crippen LogP contribution in [0, 0.1) is 20.2 Å². The van der Waals surface area contributed by atoms with Gasteiger partial charge >= 0.3 is 5.69 Å². The van der Waals surface area contributed by atoms with E-state index in [2.05, 4.69) is 4.99 Å². The molecule has 10 heteroatoms. The van der Waals surface area contributed by atoms with Crippen molar-refractivity contribution in [3.05, 3.63) is 73.8 Å². The molecule has 26 heavy (non-hydrogen) atoms. The molecule has 0 aromatic heterocycles. The first-order chi connectivity index (χ1) is 12.4. The van der Waals surface area contributed by atoms with E-state index in [1.54, 1.807) is 30.3 Å². The van der Waals surface area contributed by atoms with Crippen LogP contribution in [0.1, 0.15) is 17.2 Å². The maximum atomic E-state index is 11.1. The maximum Gasteiger partial charge on any atom is 0.318 e. The molecule has 3 rings (SSSR count). The number of hydrogen-bond acceptors (Lipinski definition) is 8. The Bertz CT molecular complexity index is 898. The highest BCUT2D eigenvalue weighted by molar-refractivity contribution is 6.00. The van der Waals surface area contributed by atoms with Crippen LogP contribution in [0.15, 0.2) is 47.5 Å². The number of aliphatic imine (C=N–C) groups is 1. The third-order valence-electron chi connectivity index (χ3n) is 3.90. The summed E-state index contributed by atoms with van der Waals surface area (Å²) in [6.45, 7) is -0.374. The summed E-state index contributed by atoms with van der Waals surface area (Å²) in [5.41, 5.74) is -0.990. The Morgan fingerprint density at radius 2 is 1.81 bits per heavy atom. The van der Waals surface area contributed by atoms with Crippen LogP contribution in [-0.2, 0) is 4.74 Å². The molecule has 1 aliphatic rings. The van der Waals surface area contributed by atoms with Crippen LogP contribution in [0.4, 0.5) is 11.4 Å². The smallest absolute Gasteiger partial charge is 0.318 e.